The normalized spacial score (nSPS) is 27.6. The minimum atomic E-state index is 0.476. The molecule has 2 heteroatoms. The molecule has 1 rings (SSSR count). The molecule has 0 amide bonds. The summed E-state index contributed by atoms with van der Waals surface area (Å²) < 4.78 is 0. The summed E-state index contributed by atoms with van der Waals surface area (Å²) in [4.78, 5) is 2.69. The molecule has 0 aromatic heterocycles. The lowest BCUT2D eigenvalue weighted by molar-refractivity contribution is 0.134. The van der Waals surface area contributed by atoms with Gasteiger partial charge in [0.05, 0.1) is 0 Å². The van der Waals surface area contributed by atoms with Crippen LogP contribution >= 0.6 is 0 Å². The Balaban J connectivity index is 2.40. The standard InChI is InChI=1S/C13H28N2/c1-4-9-15(10-11(2)3)13-7-5-12(14)6-8-13/h11-13H,4-10,14H2,1-3H3. The highest BCUT2D eigenvalue weighted by atomic mass is 15.2. The molecule has 0 saturated heterocycles. The second-order valence-electron chi connectivity index (χ2n) is 5.46. The molecular weight excluding hydrogens is 184 g/mol. The second kappa shape index (κ2) is 6.49. The molecule has 2 N–H and O–H groups in total. The van der Waals surface area contributed by atoms with E-state index in [1.165, 1.54) is 45.2 Å². The highest BCUT2D eigenvalue weighted by molar-refractivity contribution is 4.81. The van der Waals surface area contributed by atoms with E-state index < -0.39 is 0 Å². The fourth-order valence-corrected chi connectivity index (χ4v) is 2.65. The quantitative estimate of drug-likeness (QED) is 0.759. The molecule has 1 aliphatic rings. The molecule has 0 aromatic carbocycles. The van der Waals surface area contributed by atoms with Crippen molar-refractivity contribution in [1.82, 2.24) is 4.90 Å². The summed E-state index contributed by atoms with van der Waals surface area (Å²) in [6, 6.07) is 1.29. The van der Waals surface area contributed by atoms with Crippen molar-refractivity contribution in [2.24, 2.45) is 11.7 Å². The molecule has 1 aliphatic carbocycles. The van der Waals surface area contributed by atoms with E-state index in [-0.39, 0.29) is 0 Å². The summed E-state index contributed by atoms with van der Waals surface area (Å²) in [6.45, 7) is 9.43. The highest BCUT2D eigenvalue weighted by Crippen LogP contribution is 2.23. The Hall–Kier alpha value is -0.0800. The van der Waals surface area contributed by atoms with Gasteiger partial charge in [-0.25, -0.2) is 0 Å². The lowest BCUT2D eigenvalue weighted by atomic mass is 9.90. The summed E-state index contributed by atoms with van der Waals surface area (Å²) in [7, 11) is 0. The van der Waals surface area contributed by atoms with Crippen molar-refractivity contribution in [3.63, 3.8) is 0 Å². The van der Waals surface area contributed by atoms with Gasteiger partial charge in [-0.1, -0.05) is 20.8 Å². The van der Waals surface area contributed by atoms with E-state index >= 15 is 0 Å². The van der Waals surface area contributed by atoms with Crippen LogP contribution in [0.5, 0.6) is 0 Å². The van der Waals surface area contributed by atoms with Crippen LogP contribution in [0.1, 0.15) is 52.9 Å². The monoisotopic (exact) mass is 212 g/mol. The topological polar surface area (TPSA) is 29.3 Å². The zero-order valence-electron chi connectivity index (χ0n) is 10.7. The molecule has 0 spiro atoms. The Bertz CT molecular complexity index is 160. The molecule has 0 aliphatic heterocycles. The molecule has 0 atom stereocenters. The Kier molecular flexibility index (Phi) is 5.62. The van der Waals surface area contributed by atoms with Crippen LogP contribution in [-0.2, 0) is 0 Å². The Morgan fingerprint density at radius 1 is 1.20 bits per heavy atom. The molecule has 90 valence electrons. The third kappa shape index (κ3) is 4.52. The summed E-state index contributed by atoms with van der Waals surface area (Å²) in [5.41, 5.74) is 5.95. The zero-order chi connectivity index (χ0) is 11.3. The summed E-state index contributed by atoms with van der Waals surface area (Å²) in [5, 5.41) is 0. The number of hydrogen-bond donors (Lipinski definition) is 1. The first-order valence-electron chi connectivity index (χ1n) is 6.63. The van der Waals surface area contributed by atoms with Crippen LogP contribution in [0.25, 0.3) is 0 Å². The Morgan fingerprint density at radius 2 is 1.80 bits per heavy atom. The van der Waals surface area contributed by atoms with Gasteiger partial charge >= 0.3 is 0 Å². The van der Waals surface area contributed by atoms with Gasteiger partial charge in [-0.3, -0.25) is 0 Å². The second-order valence-corrected chi connectivity index (χ2v) is 5.46. The minimum Gasteiger partial charge on any atom is -0.328 e. The van der Waals surface area contributed by atoms with Crippen molar-refractivity contribution in [2.75, 3.05) is 13.1 Å². The predicted molar refractivity (Wildman–Crippen MR) is 66.9 cm³/mol. The third-order valence-electron chi connectivity index (χ3n) is 3.37. The Morgan fingerprint density at radius 3 is 2.27 bits per heavy atom. The summed E-state index contributed by atoms with van der Waals surface area (Å²) in [5.74, 6) is 0.784. The fraction of sp³-hybridized carbons (Fsp3) is 1.00. The SMILES string of the molecule is CCCN(CC(C)C)C1CCC(N)CC1. The first-order valence-corrected chi connectivity index (χ1v) is 6.63. The highest BCUT2D eigenvalue weighted by Gasteiger charge is 2.23. The van der Waals surface area contributed by atoms with E-state index in [1.807, 2.05) is 0 Å². The third-order valence-corrected chi connectivity index (χ3v) is 3.37. The van der Waals surface area contributed by atoms with Gasteiger partial charge in [0.2, 0.25) is 0 Å². The van der Waals surface area contributed by atoms with E-state index in [4.69, 9.17) is 5.73 Å². The van der Waals surface area contributed by atoms with Crippen molar-refractivity contribution in [1.29, 1.82) is 0 Å². The minimum absolute atomic E-state index is 0.476. The van der Waals surface area contributed by atoms with Crippen LogP contribution in [0.2, 0.25) is 0 Å². The maximum atomic E-state index is 5.95. The van der Waals surface area contributed by atoms with Crippen LogP contribution in [-0.4, -0.2) is 30.1 Å². The molecule has 1 fully saturated rings. The average Bonchev–Trinajstić information content (AvgIpc) is 2.17. The lowest BCUT2D eigenvalue weighted by Crippen LogP contribution is -2.42. The van der Waals surface area contributed by atoms with Gasteiger partial charge in [-0.05, 0) is 44.6 Å². The molecule has 1 saturated carbocycles. The maximum absolute atomic E-state index is 5.95. The van der Waals surface area contributed by atoms with Crippen LogP contribution in [0.4, 0.5) is 0 Å². The predicted octanol–water partition coefficient (Wildman–Crippen LogP) is 2.62. The maximum Gasteiger partial charge on any atom is 0.00965 e. The largest absolute Gasteiger partial charge is 0.328 e. The van der Waals surface area contributed by atoms with Crippen molar-refractivity contribution < 1.29 is 0 Å². The fourth-order valence-electron chi connectivity index (χ4n) is 2.65. The molecule has 0 heterocycles. The smallest absolute Gasteiger partial charge is 0.00965 e. The lowest BCUT2D eigenvalue weighted by Gasteiger charge is -2.37. The zero-order valence-corrected chi connectivity index (χ0v) is 10.7. The molecule has 15 heavy (non-hydrogen) atoms. The van der Waals surface area contributed by atoms with Crippen molar-refractivity contribution >= 4 is 0 Å². The Labute approximate surface area is 95.2 Å². The van der Waals surface area contributed by atoms with Crippen molar-refractivity contribution in [3.05, 3.63) is 0 Å². The van der Waals surface area contributed by atoms with Crippen molar-refractivity contribution in [3.8, 4) is 0 Å². The molecular formula is C13H28N2. The van der Waals surface area contributed by atoms with Gasteiger partial charge in [-0.15, -0.1) is 0 Å². The number of hydrogen-bond acceptors (Lipinski definition) is 2. The number of nitrogens with two attached hydrogens (primary N) is 1. The van der Waals surface area contributed by atoms with Crippen LogP contribution in [0, 0.1) is 5.92 Å². The molecule has 2 nitrogen and oxygen atoms in total. The van der Waals surface area contributed by atoms with Gasteiger partial charge in [-0.2, -0.15) is 0 Å². The van der Waals surface area contributed by atoms with Gasteiger partial charge in [0.15, 0.2) is 0 Å². The number of rotatable bonds is 5. The van der Waals surface area contributed by atoms with Crippen molar-refractivity contribution in [2.45, 2.75) is 65.0 Å². The summed E-state index contributed by atoms with van der Waals surface area (Å²) in [6.07, 6.45) is 6.35. The van der Waals surface area contributed by atoms with Gasteiger partial charge in [0, 0.05) is 18.6 Å². The number of nitrogens with zero attached hydrogens (tertiary/aromatic N) is 1. The molecule has 0 radical (unpaired) electrons. The van der Waals surface area contributed by atoms with Crippen LogP contribution in [0.15, 0.2) is 0 Å². The molecule has 0 aromatic rings. The van der Waals surface area contributed by atoms with Gasteiger partial charge in [0.25, 0.3) is 0 Å². The van der Waals surface area contributed by atoms with Gasteiger partial charge < -0.3 is 10.6 Å². The molecule has 0 unspecified atom stereocenters. The van der Waals surface area contributed by atoms with E-state index in [9.17, 15) is 0 Å². The van der Waals surface area contributed by atoms with E-state index in [0.29, 0.717) is 6.04 Å². The van der Waals surface area contributed by atoms with E-state index in [0.717, 1.165) is 12.0 Å². The van der Waals surface area contributed by atoms with Crippen LogP contribution < -0.4 is 5.73 Å². The van der Waals surface area contributed by atoms with E-state index in [2.05, 4.69) is 25.7 Å². The van der Waals surface area contributed by atoms with Crippen LogP contribution in [0.3, 0.4) is 0 Å². The van der Waals surface area contributed by atoms with E-state index in [1.54, 1.807) is 0 Å². The van der Waals surface area contributed by atoms with Gasteiger partial charge in [0.1, 0.15) is 0 Å². The first-order chi connectivity index (χ1) is 7.13. The summed E-state index contributed by atoms with van der Waals surface area (Å²) >= 11 is 0. The average molecular weight is 212 g/mol. The first kappa shape index (κ1) is 13.0. The molecule has 0 bridgehead atoms.